The first-order valence-corrected chi connectivity index (χ1v) is 11.2. The monoisotopic (exact) mass is 440 g/mol. The van der Waals surface area contributed by atoms with Crippen molar-refractivity contribution in [3.63, 3.8) is 0 Å². The van der Waals surface area contributed by atoms with Gasteiger partial charge in [-0.3, -0.25) is 14.3 Å². The first kappa shape index (κ1) is 22.3. The van der Waals surface area contributed by atoms with Crippen LogP contribution in [0.3, 0.4) is 0 Å². The number of nitrogens with one attached hydrogen (secondary N) is 2. The van der Waals surface area contributed by atoms with Gasteiger partial charge in [-0.25, -0.2) is 17.8 Å². The second kappa shape index (κ2) is 9.59. The van der Waals surface area contributed by atoms with E-state index < -0.39 is 15.9 Å². The van der Waals surface area contributed by atoms with E-state index >= 15 is 0 Å². The predicted molar refractivity (Wildman–Crippen MR) is 121 cm³/mol. The Morgan fingerprint density at radius 3 is 2.29 bits per heavy atom. The van der Waals surface area contributed by atoms with Gasteiger partial charge in [0.25, 0.3) is 5.56 Å². The van der Waals surface area contributed by atoms with Crippen LogP contribution in [0.25, 0.3) is 11.8 Å². The van der Waals surface area contributed by atoms with E-state index in [-0.39, 0.29) is 24.2 Å². The van der Waals surface area contributed by atoms with E-state index in [9.17, 15) is 18.0 Å². The number of benzene rings is 2. The van der Waals surface area contributed by atoms with E-state index in [0.717, 1.165) is 11.0 Å². The molecule has 0 aliphatic rings. The quantitative estimate of drug-likeness (QED) is 0.561. The fourth-order valence-corrected chi connectivity index (χ4v) is 3.82. The first-order chi connectivity index (χ1) is 14.8. The van der Waals surface area contributed by atoms with Crippen LogP contribution in [0, 0.1) is 6.92 Å². The minimum atomic E-state index is -3.68. The molecule has 0 saturated carbocycles. The van der Waals surface area contributed by atoms with Crippen molar-refractivity contribution in [2.24, 2.45) is 7.05 Å². The molecule has 0 spiro atoms. The fraction of sp³-hybridized carbons (Fsp3) is 0.182. The SMILES string of the molecule is Cc1c(NC(=O)CCNS(=O)(=O)C=Cc2ccccc2)c(=O)n(-c2ccccc2)n1C. The van der Waals surface area contributed by atoms with Crippen LogP contribution in [-0.2, 0) is 21.9 Å². The standard InChI is InChI=1S/C22H24N4O4S/c1-17-21(22(28)26(25(17)2)19-11-7-4-8-12-19)24-20(27)13-15-23-31(29,30)16-14-18-9-5-3-6-10-18/h3-12,14,16,23H,13,15H2,1-2H3,(H,24,27). The molecule has 0 aliphatic carbocycles. The van der Waals surface area contributed by atoms with Gasteiger partial charge in [0.05, 0.1) is 11.4 Å². The van der Waals surface area contributed by atoms with E-state index in [0.29, 0.717) is 11.4 Å². The molecule has 0 radical (unpaired) electrons. The Balaban J connectivity index is 1.62. The van der Waals surface area contributed by atoms with Gasteiger partial charge in [0, 0.05) is 25.4 Å². The van der Waals surface area contributed by atoms with Crippen molar-refractivity contribution < 1.29 is 13.2 Å². The van der Waals surface area contributed by atoms with Crippen molar-refractivity contribution in [1.82, 2.24) is 14.1 Å². The molecule has 2 N–H and O–H groups in total. The van der Waals surface area contributed by atoms with Crippen molar-refractivity contribution >= 4 is 27.7 Å². The lowest BCUT2D eigenvalue weighted by molar-refractivity contribution is -0.116. The molecule has 0 fully saturated rings. The summed E-state index contributed by atoms with van der Waals surface area (Å²) in [4.78, 5) is 25.1. The number of carbonyl (C=O) groups is 1. The van der Waals surface area contributed by atoms with E-state index in [2.05, 4.69) is 10.0 Å². The highest BCUT2D eigenvalue weighted by Gasteiger charge is 2.18. The molecule has 31 heavy (non-hydrogen) atoms. The van der Waals surface area contributed by atoms with Gasteiger partial charge in [0.2, 0.25) is 15.9 Å². The smallest absolute Gasteiger partial charge is 0.295 e. The zero-order chi connectivity index (χ0) is 22.4. The third-order valence-corrected chi connectivity index (χ3v) is 5.81. The number of para-hydroxylation sites is 1. The molecule has 0 bridgehead atoms. The Hall–Kier alpha value is -3.43. The summed E-state index contributed by atoms with van der Waals surface area (Å²) in [7, 11) is -1.96. The van der Waals surface area contributed by atoms with Crippen LogP contribution in [-0.4, -0.2) is 30.2 Å². The highest BCUT2D eigenvalue weighted by atomic mass is 32.2. The number of aromatic nitrogens is 2. The minimum Gasteiger partial charge on any atom is -0.320 e. The topological polar surface area (TPSA) is 102 Å². The van der Waals surface area contributed by atoms with Crippen LogP contribution in [0.1, 0.15) is 17.7 Å². The lowest BCUT2D eigenvalue weighted by atomic mass is 10.2. The number of hydrogen-bond acceptors (Lipinski definition) is 4. The highest BCUT2D eigenvalue weighted by molar-refractivity contribution is 7.92. The van der Waals surface area contributed by atoms with Crippen LogP contribution in [0.5, 0.6) is 0 Å². The Morgan fingerprint density at radius 1 is 1.03 bits per heavy atom. The van der Waals surface area contributed by atoms with Gasteiger partial charge in [-0.2, -0.15) is 0 Å². The Morgan fingerprint density at radius 2 is 1.65 bits per heavy atom. The lowest BCUT2D eigenvalue weighted by Gasteiger charge is -2.07. The van der Waals surface area contributed by atoms with Gasteiger partial charge < -0.3 is 5.32 Å². The summed E-state index contributed by atoms with van der Waals surface area (Å²) in [6.45, 7) is 1.64. The summed E-state index contributed by atoms with van der Waals surface area (Å²) in [5.41, 5.74) is 1.83. The average Bonchev–Trinajstić information content (AvgIpc) is 2.97. The number of carbonyl (C=O) groups excluding carboxylic acids is 1. The first-order valence-electron chi connectivity index (χ1n) is 9.65. The second-order valence-electron chi connectivity index (χ2n) is 6.89. The molecule has 0 atom stereocenters. The van der Waals surface area contributed by atoms with Gasteiger partial charge in [-0.1, -0.05) is 48.5 Å². The Kier molecular flexibility index (Phi) is 6.88. The van der Waals surface area contributed by atoms with Gasteiger partial charge in [-0.15, -0.1) is 0 Å². The second-order valence-corrected chi connectivity index (χ2v) is 8.54. The van der Waals surface area contributed by atoms with Crippen LogP contribution in [0.2, 0.25) is 0 Å². The summed E-state index contributed by atoms with van der Waals surface area (Å²) >= 11 is 0. The number of amides is 1. The Bertz CT molecular complexity index is 1240. The van der Waals surface area contributed by atoms with Crippen LogP contribution in [0.4, 0.5) is 5.69 Å². The maximum Gasteiger partial charge on any atom is 0.295 e. The molecular weight excluding hydrogens is 416 g/mol. The largest absolute Gasteiger partial charge is 0.320 e. The third kappa shape index (κ3) is 5.59. The van der Waals surface area contributed by atoms with Crippen molar-refractivity contribution in [2.75, 3.05) is 11.9 Å². The molecule has 1 heterocycles. The van der Waals surface area contributed by atoms with Crippen molar-refractivity contribution in [2.45, 2.75) is 13.3 Å². The summed E-state index contributed by atoms with van der Waals surface area (Å²) in [6, 6.07) is 18.1. The summed E-state index contributed by atoms with van der Waals surface area (Å²) in [5.74, 6) is -0.458. The average molecular weight is 441 g/mol. The van der Waals surface area contributed by atoms with Gasteiger partial charge >= 0.3 is 0 Å². The summed E-state index contributed by atoms with van der Waals surface area (Å²) in [5, 5.41) is 3.66. The third-order valence-electron chi connectivity index (χ3n) is 4.71. The van der Waals surface area contributed by atoms with Crippen molar-refractivity contribution in [3.8, 4) is 5.69 Å². The molecule has 2 aromatic carbocycles. The maximum absolute atomic E-state index is 12.8. The molecule has 0 saturated heterocycles. The highest BCUT2D eigenvalue weighted by Crippen LogP contribution is 2.14. The summed E-state index contributed by atoms with van der Waals surface area (Å²) in [6.07, 6.45) is 1.36. The zero-order valence-electron chi connectivity index (χ0n) is 17.3. The van der Waals surface area contributed by atoms with Crippen LogP contribution < -0.4 is 15.6 Å². The number of sulfonamides is 1. The van der Waals surface area contributed by atoms with Crippen molar-refractivity contribution in [1.29, 1.82) is 0 Å². The molecule has 3 rings (SSSR count). The predicted octanol–water partition coefficient (Wildman–Crippen LogP) is 2.40. The number of anilines is 1. The van der Waals surface area contributed by atoms with Crippen molar-refractivity contribution in [3.05, 3.63) is 87.7 Å². The summed E-state index contributed by atoms with van der Waals surface area (Å²) < 4.78 is 29.6. The molecule has 1 amide bonds. The molecule has 9 heteroatoms. The molecule has 8 nitrogen and oxygen atoms in total. The number of rotatable bonds is 8. The fourth-order valence-electron chi connectivity index (χ4n) is 3.00. The van der Waals surface area contributed by atoms with E-state index in [1.165, 1.54) is 10.8 Å². The molecule has 0 unspecified atom stereocenters. The molecule has 162 valence electrons. The molecule has 3 aromatic rings. The van der Waals surface area contributed by atoms with E-state index in [1.54, 1.807) is 55.1 Å². The van der Waals surface area contributed by atoms with E-state index in [4.69, 9.17) is 0 Å². The minimum absolute atomic E-state index is 0.0912. The molecule has 1 aromatic heterocycles. The number of nitrogens with zero attached hydrogens (tertiary/aromatic N) is 2. The molecular formula is C22H24N4O4S. The maximum atomic E-state index is 12.8. The number of hydrogen-bond donors (Lipinski definition) is 2. The van der Waals surface area contributed by atoms with Crippen LogP contribution in [0.15, 0.2) is 70.9 Å². The van der Waals surface area contributed by atoms with Gasteiger partial charge in [-0.05, 0) is 30.7 Å². The van der Waals surface area contributed by atoms with Gasteiger partial charge in [0.15, 0.2) is 0 Å². The molecule has 0 aliphatic heterocycles. The zero-order valence-corrected chi connectivity index (χ0v) is 18.1. The van der Waals surface area contributed by atoms with Crippen LogP contribution >= 0.6 is 0 Å². The normalized spacial score (nSPS) is 11.7. The van der Waals surface area contributed by atoms with Gasteiger partial charge in [0.1, 0.15) is 5.69 Å². The Labute approximate surface area is 180 Å². The lowest BCUT2D eigenvalue weighted by Crippen LogP contribution is -2.27. The van der Waals surface area contributed by atoms with E-state index in [1.807, 2.05) is 24.3 Å².